The summed E-state index contributed by atoms with van der Waals surface area (Å²) in [7, 11) is 0. The summed E-state index contributed by atoms with van der Waals surface area (Å²) in [4.78, 5) is 31.8. The molecule has 0 unspecified atom stereocenters. The summed E-state index contributed by atoms with van der Waals surface area (Å²) < 4.78 is 5.93. The van der Waals surface area contributed by atoms with Crippen molar-refractivity contribution in [3.63, 3.8) is 0 Å². The Morgan fingerprint density at radius 1 is 1.17 bits per heavy atom. The van der Waals surface area contributed by atoms with Gasteiger partial charge in [0.05, 0.1) is 0 Å². The Morgan fingerprint density at radius 3 is 2.72 bits per heavy atom. The standard InChI is InChI=1S/C22H21N3O4/c1-12-2-3-18-16(6-12)25-20(29-18)14-8-22(9-14)10-15(11-22)24-19(26)13-4-5-23-17(7-13)21(27)28/h2-7,14-15H,8-11H2,1H3,(H,24,26)(H,27,28). The van der Waals surface area contributed by atoms with Crippen LogP contribution in [0, 0.1) is 12.3 Å². The predicted molar refractivity (Wildman–Crippen MR) is 105 cm³/mol. The number of rotatable bonds is 4. The third kappa shape index (κ3) is 3.16. The van der Waals surface area contributed by atoms with Crippen molar-refractivity contribution in [3.05, 3.63) is 59.2 Å². The number of amides is 1. The number of pyridine rings is 1. The molecular weight excluding hydrogens is 370 g/mol. The number of carbonyl (C=O) groups is 2. The van der Waals surface area contributed by atoms with E-state index in [1.807, 2.05) is 25.1 Å². The van der Waals surface area contributed by atoms with Crippen molar-refractivity contribution in [1.82, 2.24) is 15.3 Å². The molecule has 2 aliphatic carbocycles. The minimum atomic E-state index is -1.14. The Labute approximate surface area is 167 Å². The molecule has 7 nitrogen and oxygen atoms in total. The van der Waals surface area contributed by atoms with Gasteiger partial charge >= 0.3 is 5.97 Å². The zero-order chi connectivity index (χ0) is 20.2. The lowest BCUT2D eigenvalue weighted by Gasteiger charge is -2.57. The molecule has 2 N–H and O–H groups in total. The maximum Gasteiger partial charge on any atom is 0.354 e. The molecule has 148 valence electrons. The number of benzene rings is 1. The Morgan fingerprint density at radius 2 is 1.97 bits per heavy atom. The number of fused-ring (bicyclic) bond motifs is 1. The molecule has 1 aromatic carbocycles. The smallest absolute Gasteiger partial charge is 0.354 e. The van der Waals surface area contributed by atoms with Gasteiger partial charge in [0.2, 0.25) is 0 Å². The van der Waals surface area contributed by atoms with Gasteiger partial charge in [0.15, 0.2) is 11.5 Å². The second kappa shape index (κ2) is 6.40. The lowest BCUT2D eigenvalue weighted by molar-refractivity contribution is -0.0253. The number of oxazole rings is 1. The first kappa shape index (κ1) is 17.8. The topological polar surface area (TPSA) is 105 Å². The highest BCUT2D eigenvalue weighted by atomic mass is 16.4. The highest BCUT2D eigenvalue weighted by molar-refractivity contribution is 5.96. The van der Waals surface area contributed by atoms with Crippen LogP contribution in [0.1, 0.15) is 63.9 Å². The van der Waals surface area contributed by atoms with Crippen molar-refractivity contribution in [1.29, 1.82) is 0 Å². The van der Waals surface area contributed by atoms with Gasteiger partial charge < -0.3 is 14.8 Å². The number of carboxylic acid groups (broad SMARTS) is 1. The van der Waals surface area contributed by atoms with Crippen molar-refractivity contribution < 1.29 is 19.1 Å². The lowest BCUT2D eigenvalue weighted by atomic mass is 9.50. The lowest BCUT2D eigenvalue weighted by Crippen LogP contribution is -2.55. The molecule has 0 bridgehead atoms. The molecule has 1 amide bonds. The molecule has 2 saturated carbocycles. The van der Waals surface area contributed by atoms with Crippen LogP contribution in [-0.4, -0.2) is 33.0 Å². The monoisotopic (exact) mass is 391 g/mol. The number of nitrogens with one attached hydrogen (secondary N) is 1. The van der Waals surface area contributed by atoms with Crippen LogP contribution < -0.4 is 5.32 Å². The molecule has 2 aliphatic rings. The number of hydrogen-bond acceptors (Lipinski definition) is 5. The highest BCUT2D eigenvalue weighted by Crippen LogP contribution is 2.61. The summed E-state index contributed by atoms with van der Waals surface area (Å²) >= 11 is 0. The van der Waals surface area contributed by atoms with Crippen LogP contribution in [0.15, 0.2) is 40.9 Å². The van der Waals surface area contributed by atoms with Gasteiger partial charge in [-0.1, -0.05) is 6.07 Å². The molecule has 0 saturated heterocycles. The van der Waals surface area contributed by atoms with Crippen LogP contribution in [0.2, 0.25) is 0 Å². The van der Waals surface area contributed by atoms with Gasteiger partial charge in [0, 0.05) is 23.7 Å². The molecule has 0 radical (unpaired) electrons. The van der Waals surface area contributed by atoms with Crippen LogP contribution in [-0.2, 0) is 0 Å². The first-order valence-corrected chi connectivity index (χ1v) is 9.78. The summed E-state index contributed by atoms with van der Waals surface area (Å²) in [6.45, 7) is 2.05. The van der Waals surface area contributed by atoms with Gasteiger partial charge in [-0.2, -0.15) is 0 Å². The second-order valence-corrected chi connectivity index (χ2v) is 8.44. The molecule has 2 aromatic heterocycles. The summed E-state index contributed by atoms with van der Waals surface area (Å²) in [5.74, 6) is -0.226. The molecule has 29 heavy (non-hydrogen) atoms. The third-order valence-electron chi connectivity index (χ3n) is 6.20. The minimum absolute atomic E-state index is 0.121. The number of carbonyl (C=O) groups excluding carboxylic acids is 1. The fraction of sp³-hybridized carbons (Fsp3) is 0.364. The number of aryl methyl sites for hydroxylation is 1. The highest BCUT2D eigenvalue weighted by Gasteiger charge is 2.54. The molecule has 2 fully saturated rings. The first-order valence-electron chi connectivity index (χ1n) is 9.78. The normalized spacial score (nSPS) is 25.4. The molecular formula is C22H21N3O4. The van der Waals surface area contributed by atoms with E-state index >= 15 is 0 Å². The zero-order valence-corrected chi connectivity index (χ0v) is 16.0. The summed E-state index contributed by atoms with van der Waals surface area (Å²) in [6, 6.07) is 9.00. The van der Waals surface area contributed by atoms with Crippen molar-refractivity contribution in [3.8, 4) is 0 Å². The Balaban J connectivity index is 1.17. The van der Waals surface area contributed by atoms with Gasteiger partial charge in [-0.3, -0.25) is 4.79 Å². The van der Waals surface area contributed by atoms with E-state index in [0.29, 0.717) is 11.5 Å². The van der Waals surface area contributed by atoms with Gasteiger partial charge in [-0.15, -0.1) is 0 Å². The summed E-state index contributed by atoms with van der Waals surface area (Å²) in [5, 5.41) is 12.0. The van der Waals surface area contributed by atoms with E-state index in [1.165, 1.54) is 23.9 Å². The number of aromatic carboxylic acids is 1. The van der Waals surface area contributed by atoms with E-state index in [-0.39, 0.29) is 23.1 Å². The average Bonchev–Trinajstić information content (AvgIpc) is 3.04. The zero-order valence-electron chi connectivity index (χ0n) is 16.0. The van der Waals surface area contributed by atoms with Crippen LogP contribution in [0.5, 0.6) is 0 Å². The number of hydrogen-bond donors (Lipinski definition) is 2. The largest absolute Gasteiger partial charge is 0.477 e. The van der Waals surface area contributed by atoms with Gasteiger partial charge in [-0.25, -0.2) is 14.8 Å². The molecule has 0 aliphatic heterocycles. The fourth-order valence-corrected chi connectivity index (χ4v) is 4.77. The van der Waals surface area contributed by atoms with Crippen LogP contribution in [0.4, 0.5) is 0 Å². The SMILES string of the molecule is Cc1ccc2oc(C3CC4(CC(NC(=O)c5ccnc(C(=O)O)c5)C4)C3)nc2c1. The number of carboxylic acids is 1. The fourth-order valence-electron chi connectivity index (χ4n) is 4.77. The van der Waals surface area contributed by atoms with Gasteiger partial charge in [0.1, 0.15) is 11.2 Å². The molecule has 0 atom stereocenters. The number of aromatic nitrogens is 2. The first-order chi connectivity index (χ1) is 13.9. The molecule has 5 rings (SSSR count). The van der Waals surface area contributed by atoms with Crippen LogP contribution in [0.3, 0.4) is 0 Å². The van der Waals surface area contributed by atoms with E-state index in [9.17, 15) is 9.59 Å². The van der Waals surface area contributed by atoms with E-state index < -0.39 is 5.97 Å². The van der Waals surface area contributed by atoms with E-state index in [4.69, 9.17) is 9.52 Å². The van der Waals surface area contributed by atoms with Crippen molar-refractivity contribution in [2.24, 2.45) is 5.41 Å². The Hall–Kier alpha value is -3.22. The molecule has 7 heteroatoms. The third-order valence-corrected chi connectivity index (χ3v) is 6.20. The second-order valence-electron chi connectivity index (χ2n) is 8.44. The Kier molecular flexibility index (Phi) is 3.94. The predicted octanol–water partition coefficient (Wildman–Crippen LogP) is 3.69. The maximum absolute atomic E-state index is 12.4. The average molecular weight is 391 g/mol. The maximum atomic E-state index is 12.4. The summed E-state index contributed by atoms with van der Waals surface area (Å²) in [6.07, 6.45) is 5.28. The molecule has 3 aromatic rings. The van der Waals surface area contributed by atoms with Crippen LogP contribution >= 0.6 is 0 Å². The minimum Gasteiger partial charge on any atom is -0.477 e. The Bertz CT molecular complexity index is 1120. The van der Waals surface area contributed by atoms with Crippen LogP contribution in [0.25, 0.3) is 11.1 Å². The van der Waals surface area contributed by atoms with E-state index in [2.05, 4.69) is 15.3 Å². The molecule has 2 heterocycles. The van der Waals surface area contributed by atoms with Crippen molar-refractivity contribution in [2.45, 2.75) is 44.6 Å². The van der Waals surface area contributed by atoms with Crippen molar-refractivity contribution in [2.75, 3.05) is 0 Å². The summed E-state index contributed by atoms with van der Waals surface area (Å²) in [5.41, 5.74) is 3.39. The molecule has 1 spiro atoms. The van der Waals surface area contributed by atoms with E-state index in [0.717, 1.165) is 42.7 Å². The van der Waals surface area contributed by atoms with Crippen molar-refractivity contribution >= 4 is 23.0 Å². The van der Waals surface area contributed by atoms with Gasteiger partial charge in [0.25, 0.3) is 5.91 Å². The van der Waals surface area contributed by atoms with Gasteiger partial charge in [-0.05, 0) is 67.9 Å². The quantitative estimate of drug-likeness (QED) is 0.703. The number of nitrogens with zero attached hydrogens (tertiary/aromatic N) is 2. The van der Waals surface area contributed by atoms with E-state index in [1.54, 1.807) is 0 Å².